The van der Waals surface area contributed by atoms with Crippen molar-refractivity contribution in [3.8, 4) is 11.1 Å². The van der Waals surface area contributed by atoms with Crippen LogP contribution >= 0.6 is 11.3 Å². The fourth-order valence-corrected chi connectivity index (χ4v) is 6.65. The van der Waals surface area contributed by atoms with Crippen molar-refractivity contribution in [2.75, 3.05) is 16.8 Å². The summed E-state index contributed by atoms with van der Waals surface area (Å²) in [6.45, 7) is 10.0. The first-order valence-electron chi connectivity index (χ1n) is 13.5. The molecule has 202 valence electrons. The summed E-state index contributed by atoms with van der Waals surface area (Å²) in [5.41, 5.74) is 6.69. The van der Waals surface area contributed by atoms with Crippen molar-refractivity contribution in [1.29, 1.82) is 0 Å². The molecule has 39 heavy (non-hydrogen) atoms. The highest BCUT2D eigenvalue weighted by Gasteiger charge is 2.37. The van der Waals surface area contributed by atoms with Crippen LogP contribution in [0.15, 0.2) is 35.4 Å². The third kappa shape index (κ3) is 4.36. The molecule has 0 bridgehead atoms. The average molecular weight is 544 g/mol. The molecule has 0 aromatic carbocycles. The second-order valence-electron chi connectivity index (χ2n) is 11.2. The number of carbonyl (C=O) groups is 1. The van der Waals surface area contributed by atoms with E-state index in [1.807, 2.05) is 30.2 Å². The number of amides is 1. The molecule has 0 atom stereocenters. The van der Waals surface area contributed by atoms with Crippen LogP contribution in [0.1, 0.15) is 60.0 Å². The van der Waals surface area contributed by atoms with Gasteiger partial charge in [-0.3, -0.25) is 14.5 Å². The fourth-order valence-electron chi connectivity index (χ4n) is 5.96. The molecular weight excluding hydrogens is 510 g/mol. The molecule has 0 radical (unpaired) electrons. The lowest BCUT2D eigenvalue weighted by Crippen LogP contribution is -2.41. The summed E-state index contributed by atoms with van der Waals surface area (Å²) >= 11 is 1.44. The minimum absolute atomic E-state index is 0.00128. The number of nitrogens with zero attached hydrogens (tertiary/aromatic N) is 6. The lowest BCUT2D eigenvalue weighted by atomic mass is 9.90. The molecule has 1 aliphatic heterocycles. The smallest absolute Gasteiger partial charge is 0.276 e. The standard InChI is InChI=1S/C29H33N7O2S/c1-6-19-20(18-12-21(26(37)34(5)16-18)31-28-33-32-24(7-2)39-28)8-9-30-25(19)36-11-10-35-22(27(36)38)13-17-14-29(3,4)15-23(17)35/h8-9,12-13,16H,6-7,10-11,14-15H2,1-5H3,(H,31,33). The number of aromatic nitrogens is 5. The Morgan fingerprint density at radius 2 is 1.90 bits per heavy atom. The number of carbonyl (C=O) groups excluding carboxylic acids is 1. The van der Waals surface area contributed by atoms with E-state index in [0.29, 0.717) is 29.6 Å². The first-order chi connectivity index (χ1) is 18.7. The Morgan fingerprint density at radius 3 is 2.64 bits per heavy atom. The summed E-state index contributed by atoms with van der Waals surface area (Å²) in [6.07, 6.45) is 7.07. The van der Waals surface area contributed by atoms with Gasteiger partial charge in [0.2, 0.25) is 5.13 Å². The number of anilines is 3. The van der Waals surface area contributed by atoms with E-state index in [-0.39, 0.29) is 16.9 Å². The molecule has 4 aromatic heterocycles. The predicted molar refractivity (Wildman–Crippen MR) is 154 cm³/mol. The molecule has 0 saturated carbocycles. The zero-order valence-corrected chi connectivity index (χ0v) is 23.9. The van der Waals surface area contributed by atoms with Gasteiger partial charge in [-0.25, -0.2) is 4.98 Å². The van der Waals surface area contributed by atoms with Crippen LogP contribution < -0.4 is 15.8 Å². The Bertz CT molecular complexity index is 1660. The van der Waals surface area contributed by atoms with Crippen LogP contribution in [0, 0.1) is 5.41 Å². The van der Waals surface area contributed by atoms with E-state index >= 15 is 0 Å². The molecule has 0 fully saturated rings. The first kappa shape index (κ1) is 25.5. The molecule has 1 amide bonds. The Balaban J connectivity index is 1.37. The number of pyridine rings is 2. The van der Waals surface area contributed by atoms with Gasteiger partial charge in [-0.05, 0) is 60.4 Å². The highest BCUT2D eigenvalue weighted by atomic mass is 32.1. The lowest BCUT2D eigenvalue weighted by molar-refractivity contribution is 0.0963. The largest absolute Gasteiger partial charge is 0.339 e. The number of fused-ring (bicyclic) bond motifs is 3. The van der Waals surface area contributed by atoms with Crippen molar-refractivity contribution in [2.45, 2.75) is 59.9 Å². The van der Waals surface area contributed by atoms with Crippen molar-refractivity contribution < 1.29 is 4.79 Å². The van der Waals surface area contributed by atoms with Gasteiger partial charge in [-0.15, -0.1) is 10.2 Å². The van der Waals surface area contributed by atoms with E-state index in [4.69, 9.17) is 4.98 Å². The van der Waals surface area contributed by atoms with E-state index in [1.165, 1.54) is 22.6 Å². The highest BCUT2D eigenvalue weighted by molar-refractivity contribution is 7.15. The van der Waals surface area contributed by atoms with E-state index in [0.717, 1.165) is 53.2 Å². The minimum Gasteiger partial charge on any atom is -0.339 e. The van der Waals surface area contributed by atoms with Crippen LogP contribution in [0.5, 0.6) is 0 Å². The molecular formula is C29H33N7O2S. The lowest BCUT2D eigenvalue weighted by Gasteiger charge is -2.31. The van der Waals surface area contributed by atoms with Gasteiger partial charge in [0.25, 0.3) is 11.5 Å². The summed E-state index contributed by atoms with van der Waals surface area (Å²) in [4.78, 5) is 33.3. The zero-order chi connectivity index (χ0) is 27.5. The average Bonchev–Trinajstić information content (AvgIpc) is 3.59. The summed E-state index contributed by atoms with van der Waals surface area (Å²) in [5.74, 6) is 0.687. The third-order valence-corrected chi connectivity index (χ3v) is 8.76. The molecule has 0 spiro atoms. The van der Waals surface area contributed by atoms with Gasteiger partial charge in [0.15, 0.2) is 0 Å². The zero-order valence-electron chi connectivity index (χ0n) is 23.0. The van der Waals surface area contributed by atoms with E-state index in [2.05, 4.69) is 46.9 Å². The maximum atomic E-state index is 13.8. The molecule has 0 saturated heterocycles. The molecule has 4 aromatic rings. The highest BCUT2D eigenvalue weighted by Crippen LogP contribution is 2.40. The molecule has 1 N–H and O–H groups in total. The van der Waals surface area contributed by atoms with Gasteiger partial charge < -0.3 is 14.5 Å². The van der Waals surface area contributed by atoms with Crippen LogP contribution in [0.3, 0.4) is 0 Å². The van der Waals surface area contributed by atoms with Gasteiger partial charge in [-0.2, -0.15) is 0 Å². The van der Waals surface area contributed by atoms with E-state index in [1.54, 1.807) is 17.8 Å². The topological polar surface area (TPSA) is 97.9 Å². The molecule has 0 unspecified atom stereocenters. The predicted octanol–water partition coefficient (Wildman–Crippen LogP) is 4.75. The van der Waals surface area contributed by atoms with E-state index < -0.39 is 0 Å². The number of hydrogen-bond acceptors (Lipinski definition) is 7. The van der Waals surface area contributed by atoms with Gasteiger partial charge in [0.1, 0.15) is 22.2 Å². The second kappa shape index (κ2) is 9.44. The fraction of sp³-hybridized carbons (Fsp3) is 0.414. The number of nitrogens with one attached hydrogen (secondary N) is 1. The summed E-state index contributed by atoms with van der Waals surface area (Å²) in [5, 5.41) is 13.0. The maximum absolute atomic E-state index is 13.8. The molecule has 9 nitrogen and oxygen atoms in total. The Hall–Kier alpha value is -3.79. The summed E-state index contributed by atoms with van der Waals surface area (Å²) < 4.78 is 3.79. The maximum Gasteiger partial charge on any atom is 0.276 e. The van der Waals surface area contributed by atoms with E-state index in [9.17, 15) is 9.59 Å². The number of aryl methyl sites for hydroxylation is 2. The quantitative estimate of drug-likeness (QED) is 0.377. The monoisotopic (exact) mass is 543 g/mol. The van der Waals surface area contributed by atoms with Gasteiger partial charge in [0, 0.05) is 49.4 Å². The van der Waals surface area contributed by atoms with Crippen molar-refractivity contribution in [2.24, 2.45) is 12.5 Å². The normalized spacial score (nSPS) is 15.9. The number of hydrogen-bond donors (Lipinski definition) is 1. The van der Waals surface area contributed by atoms with Crippen molar-refractivity contribution in [3.05, 3.63) is 68.5 Å². The third-order valence-electron chi connectivity index (χ3n) is 7.77. The second-order valence-corrected chi connectivity index (χ2v) is 12.2. The SMILES string of the molecule is CCc1nnc(Nc2cc(-c3ccnc(N4CCn5c(cc6c5CC(C)(C)C6)C4=O)c3CC)cn(C)c2=O)s1. The van der Waals surface area contributed by atoms with Crippen LogP contribution in [0.25, 0.3) is 11.1 Å². The first-order valence-corrected chi connectivity index (χ1v) is 14.3. The van der Waals surface area contributed by atoms with Gasteiger partial charge in [-0.1, -0.05) is 39.0 Å². The van der Waals surface area contributed by atoms with Gasteiger partial charge in [0.05, 0.1) is 0 Å². The van der Waals surface area contributed by atoms with Crippen molar-refractivity contribution >= 4 is 33.9 Å². The van der Waals surface area contributed by atoms with Crippen LogP contribution in [-0.4, -0.2) is 36.8 Å². The molecule has 10 heteroatoms. The molecule has 2 aliphatic rings. The Morgan fingerprint density at radius 1 is 1.08 bits per heavy atom. The molecule has 6 rings (SSSR count). The minimum atomic E-state index is -0.150. The van der Waals surface area contributed by atoms with Crippen LogP contribution in [-0.2, 0) is 39.3 Å². The van der Waals surface area contributed by atoms with Crippen LogP contribution in [0.2, 0.25) is 0 Å². The summed E-state index contributed by atoms with van der Waals surface area (Å²) in [7, 11) is 1.74. The molecule has 1 aliphatic carbocycles. The van der Waals surface area contributed by atoms with Crippen LogP contribution in [0.4, 0.5) is 16.6 Å². The van der Waals surface area contributed by atoms with Crippen molar-refractivity contribution in [1.82, 2.24) is 24.3 Å². The van der Waals surface area contributed by atoms with Gasteiger partial charge >= 0.3 is 0 Å². The number of rotatable bonds is 6. The summed E-state index contributed by atoms with van der Waals surface area (Å²) in [6, 6.07) is 5.90. The Labute approximate surface area is 231 Å². The molecule has 5 heterocycles. The Kier molecular flexibility index (Phi) is 6.17. The van der Waals surface area contributed by atoms with Crippen molar-refractivity contribution in [3.63, 3.8) is 0 Å².